The van der Waals surface area contributed by atoms with Gasteiger partial charge in [-0.05, 0) is 18.9 Å². The standard InChI is InChI=1S/C13H17NO/c1-3-11(2)9-13(15)14-10-12-7-5-4-6-8-12/h4-9H,3,10H2,1-2H3,(H,14,15)/b11-9-. The Balaban J connectivity index is 2.41. The topological polar surface area (TPSA) is 29.1 Å². The van der Waals surface area contributed by atoms with Crippen LogP contribution in [-0.4, -0.2) is 5.91 Å². The predicted octanol–water partition coefficient (Wildman–Crippen LogP) is 2.66. The minimum Gasteiger partial charge on any atom is -0.348 e. The summed E-state index contributed by atoms with van der Waals surface area (Å²) in [5.74, 6) is -0.0156. The summed E-state index contributed by atoms with van der Waals surface area (Å²) >= 11 is 0. The van der Waals surface area contributed by atoms with Gasteiger partial charge in [0, 0.05) is 12.6 Å². The molecule has 0 bridgehead atoms. The lowest BCUT2D eigenvalue weighted by atomic mass is 10.2. The van der Waals surface area contributed by atoms with Crippen molar-refractivity contribution in [2.24, 2.45) is 0 Å². The molecule has 2 heteroatoms. The Kier molecular flexibility index (Phi) is 4.61. The van der Waals surface area contributed by atoms with Crippen LogP contribution in [0.3, 0.4) is 0 Å². The first-order valence-corrected chi connectivity index (χ1v) is 5.21. The third kappa shape index (κ3) is 4.45. The van der Waals surface area contributed by atoms with Gasteiger partial charge in [-0.1, -0.05) is 42.8 Å². The summed E-state index contributed by atoms with van der Waals surface area (Å²) in [4.78, 5) is 11.4. The minimum absolute atomic E-state index is 0.0156. The molecule has 1 rings (SSSR count). The van der Waals surface area contributed by atoms with Crippen LogP contribution in [0.15, 0.2) is 42.0 Å². The Hall–Kier alpha value is -1.57. The van der Waals surface area contributed by atoms with Crippen LogP contribution >= 0.6 is 0 Å². The van der Waals surface area contributed by atoms with Crippen molar-refractivity contribution in [3.8, 4) is 0 Å². The maximum absolute atomic E-state index is 11.4. The molecule has 0 aliphatic rings. The average Bonchev–Trinajstić information content (AvgIpc) is 2.27. The minimum atomic E-state index is -0.0156. The molecule has 0 radical (unpaired) electrons. The van der Waals surface area contributed by atoms with Gasteiger partial charge >= 0.3 is 0 Å². The van der Waals surface area contributed by atoms with Gasteiger partial charge in [0.1, 0.15) is 0 Å². The molecule has 80 valence electrons. The van der Waals surface area contributed by atoms with Crippen LogP contribution < -0.4 is 5.32 Å². The third-order valence-corrected chi connectivity index (χ3v) is 2.24. The van der Waals surface area contributed by atoms with Crippen molar-refractivity contribution in [3.63, 3.8) is 0 Å². The monoisotopic (exact) mass is 203 g/mol. The molecule has 0 aliphatic carbocycles. The van der Waals surface area contributed by atoms with Gasteiger partial charge in [-0.3, -0.25) is 4.79 Å². The van der Waals surface area contributed by atoms with Crippen LogP contribution in [0.1, 0.15) is 25.8 Å². The summed E-state index contributed by atoms with van der Waals surface area (Å²) in [5.41, 5.74) is 2.22. The fraction of sp³-hybridized carbons (Fsp3) is 0.308. The van der Waals surface area contributed by atoms with Gasteiger partial charge in [0.05, 0.1) is 0 Å². The lowest BCUT2D eigenvalue weighted by Gasteiger charge is -2.02. The summed E-state index contributed by atoms with van der Waals surface area (Å²) in [7, 11) is 0. The highest BCUT2D eigenvalue weighted by atomic mass is 16.1. The first-order chi connectivity index (χ1) is 7.22. The number of allylic oxidation sites excluding steroid dienone is 1. The molecule has 0 saturated heterocycles. The van der Waals surface area contributed by atoms with E-state index in [2.05, 4.69) is 5.32 Å². The van der Waals surface area contributed by atoms with E-state index < -0.39 is 0 Å². The highest BCUT2D eigenvalue weighted by Gasteiger charge is 1.97. The Labute approximate surface area is 91.0 Å². The van der Waals surface area contributed by atoms with E-state index in [-0.39, 0.29) is 5.91 Å². The summed E-state index contributed by atoms with van der Waals surface area (Å²) in [6.45, 7) is 4.59. The average molecular weight is 203 g/mol. The van der Waals surface area contributed by atoms with Crippen molar-refractivity contribution in [2.45, 2.75) is 26.8 Å². The van der Waals surface area contributed by atoms with Crippen molar-refractivity contribution in [2.75, 3.05) is 0 Å². The van der Waals surface area contributed by atoms with Gasteiger partial charge in [0.25, 0.3) is 0 Å². The van der Waals surface area contributed by atoms with Crippen LogP contribution in [-0.2, 0) is 11.3 Å². The number of carbonyl (C=O) groups is 1. The Bertz CT molecular complexity index is 341. The summed E-state index contributed by atoms with van der Waals surface area (Å²) in [6.07, 6.45) is 2.57. The molecule has 0 aromatic heterocycles. The predicted molar refractivity (Wildman–Crippen MR) is 62.3 cm³/mol. The van der Waals surface area contributed by atoms with E-state index in [1.807, 2.05) is 44.2 Å². The summed E-state index contributed by atoms with van der Waals surface area (Å²) < 4.78 is 0. The molecular formula is C13H17NO. The zero-order valence-electron chi connectivity index (χ0n) is 9.29. The van der Waals surface area contributed by atoms with Crippen molar-refractivity contribution in [3.05, 3.63) is 47.5 Å². The number of amides is 1. The SMILES string of the molecule is CC/C(C)=C\C(=O)NCc1ccccc1. The highest BCUT2D eigenvalue weighted by Crippen LogP contribution is 1.99. The number of benzene rings is 1. The van der Waals surface area contributed by atoms with E-state index in [1.54, 1.807) is 6.08 Å². The van der Waals surface area contributed by atoms with E-state index in [9.17, 15) is 4.79 Å². The van der Waals surface area contributed by atoms with E-state index in [4.69, 9.17) is 0 Å². The van der Waals surface area contributed by atoms with E-state index in [1.165, 1.54) is 0 Å². The fourth-order valence-electron chi connectivity index (χ4n) is 1.16. The number of rotatable bonds is 4. The smallest absolute Gasteiger partial charge is 0.244 e. The first-order valence-electron chi connectivity index (χ1n) is 5.21. The number of nitrogens with one attached hydrogen (secondary N) is 1. The second-order valence-corrected chi connectivity index (χ2v) is 3.55. The maximum Gasteiger partial charge on any atom is 0.244 e. The Morgan fingerprint density at radius 2 is 2.00 bits per heavy atom. The molecule has 0 spiro atoms. The van der Waals surface area contributed by atoms with E-state index in [0.717, 1.165) is 17.6 Å². The molecule has 1 amide bonds. The highest BCUT2D eigenvalue weighted by molar-refractivity contribution is 5.88. The molecule has 1 aromatic carbocycles. The molecule has 15 heavy (non-hydrogen) atoms. The molecular weight excluding hydrogens is 186 g/mol. The van der Waals surface area contributed by atoms with Crippen molar-refractivity contribution in [1.82, 2.24) is 5.32 Å². The number of carbonyl (C=O) groups excluding carboxylic acids is 1. The fourth-order valence-corrected chi connectivity index (χ4v) is 1.16. The summed E-state index contributed by atoms with van der Waals surface area (Å²) in [5, 5.41) is 2.85. The zero-order valence-corrected chi connectivity index (χ0v) is 9.29. The van der Waals surface area contributed by atoms with Gasteiger partial charge in [0.15, 0.2) is 0 Å². The first kappa shape index (κ1) is 11.5. The lowest BCUT2D eigenvalue weighted by molar-refractivity contribution is -0.116. The summed E-state index contributed by atoms with van der Waals surface area (Å²) in [6, 6.07) is 9.89. The molecule has 0 unspecified atom stereocenters. The molecule has 1 N–H and O–H groups in total. The quantitative estimate of drug-likeness (QED) is 0.749. The molecule has 0 fully saturated rings. The normalized spacial score (nSPS) is 11.2. The number of hydrogen-bond acceptors (Lipinski definition) is 1. The Morgan fingerprint density at radius 1 is 1.33 bits per heavy atom. The molecule has 2 nitrogen and oxygen atoms in total. The molecule has 0 atom stereocenters. The molecule has 0 aliphatic heterocycles. The van der Waals surface area contributed by atoms with Crippen LogP contribution in [0.5, 0.6) is 0 Å². The third-order valence-electron chi connectivity index (χ3n) is 2.24. The largest absolute Gasteiger partial charge is 0.348 e. The lowest BCUT2D eigenvalue weighted by Crippen LogP contribution is -2.20. The van der Waals surface area contributed by atoms with Gasteiger partial charge in [-0.25, -0.2) is 0 Å². The van der Waals surface area contributed by atoms with Gasteiger partial charge in [-0.15, -0.1) is 0 Å². The van der Waals surface area contributed by atoms with Crippen LogP contribution in [0.4, 0.5) is 0 Å². The molecule has 1 aromatic rings. The van der Waals surface area contributed by atoms with Crippen LogP contribution in [0, 0.1) is 0 Å². The van der Waals surface area contributed by atoms with E-state index >= 15 is 0 Å². The van der Waals surface area contributed by atoms with E-state index in [0.29, 0.717) is 6.54 Å². The second kappa shape index (κ2) is 6.02. The molecule has 0 saturated carbocycles. The van der Waals surface area contributed by atoms with Gasteiger partial charge in [0.2, 0.25) is 5.91 Å². The van der Waals surface area contributed by atoms with Crippen LogP contribution in [0.25, 0.3) is 0 Å². The zero-order chi connectivity index (χ0) is 11.1. The van der Waals surface area contributed by atoms with Gasteiger partial charge in [-0.2, -0.15) is 0 Å². The molecule has 0 heterocycles. The van der Waals surface area contributed by atoms with Crippen molar-refractivity contribution < 1.29 is 4.79 Å². The van der Waals surface area contributed by atoms with Crippen LogP contribution in [0.2, 0.25) is 0 Å². The van der Waals surface area contributed by atoms with Crippen molar-refractivity contribution in [1.29, 1.82) is 0 Å². The second-order valence-electron chi connectivity index (χ2n) is 3.55. The maximum atomic E-state index is 11.4. The van der Waals surface area contributed by atoms with Gasteiger partial charge < -0.3 is 5.32 Å². The van der Waals surface area contributed by atoms with Crippen molar-refractivity contribution >= 4 is 5.91 Å². The number of hydrogen-bond donors (Lipinski definition) is 1. The Morgan fingerprint density at radius 3 is 2.60 bits per heavy atom.